The second-order valence-corrected chi connectivity index (χ2v) is 7.19. The van der Waals surface area contributed by atoms with Gasteiger partial charge in [-0.25, -0.2) is 0 Å². The normalized spacial score (nSPS) is 10.6. The van der Waals surface area contributed by atoms with Crippen molar-refractivity contribution >= 4 is 45.4 Å². The lowest BCUT2D eigenvalue weighted by Crippen LogP contribution is -2.17. The molecule has 0 aliphatic rings. The molecule has 4 aromatic carbocycles. The maximum Gasteiger partial charge on any atom is 0.288 e. The maximum absolute atomic E-state index is 13.1. The number of carbonyl (C=O) groups excluding carboxylic acids is 2. The van der Waals surface area contributed by atoms with Gasteiger partial charge >= 0.3 is 0 Å². The third-order valence-corrected chi connectivity index (χ3v) is 5.18. The number of hydrogen-bond acceptors (Lipinski definition) is 4. The Balaban J connectivity index is 1.70. The lowest BCUT2D eigenvalue weighted by molar-refractivity contribution is -0.384. The Hall–Kier alpha value is -4.03. The van der Waals surface area contributed by atoms with Crippen LogP contribution in [0.25, 0.3) is 10.8 Å². The molecule has 0 unspecified atom stereocenters. The van der Waals surface area contributed by atoms with Crippen molar-refractivity contribution in [3.05, 3.63) is 117 Å². The number of anilines is 1. The summed E-state index contributed by atoms with van der Waals surface area (Å²) in [4.78, 5) is 36.6. The summed E-state index contributed by atoms with van der Waals surface area (Å²) in [6.07, 6.45) is 0. The van der Waals surface area contributed by atoms with Crippen molar-refractivity contribution in [2.75, 3.05) is 5.32 Å². The average Bonchev–Trinajstić information content (AvgIpc) is 2.79. The zero-order valence-corrected chi connectivity index (χ0v) is 16.8. The minimum atomic E-state index is -0.655. The van der Waals surface area contributed by atoms with E-state index in [1.165, 1.54) is 24.3 Å². The van der Waals surface area contributed by atoms with Gasteiger partial charge < -0.3 is 5.32 Å². The van der Waals surface area contributed by atoms with Crippen molar-refractivity contribution in [1.29, 1.82) is 0 Å². The molecule has 0 aromatic heterocycles. The van der Waals surface area contributed by atoms with E-state index in [1.54, 1.807) is 18.2 Å². The van der Waals surface area contributed by atoms with Gasteiger partial charge in [0.25, 0.3) is 11.6 Å². The molecule has 0 bridgehead atoms. The average molecular weight is 431 g/mol. The van der Waals surface area contributed by atoms with E-state index in [2.05, 4.69) is 5.32 Å². The van der Waals surface area contributed by atoms with Crippen molar-refractivity contribution in [2.45, 2.75) is 0 Å². The van der Waals surface area contributed by atoms with Crippen LogP contribution in [-0.4, -0.2) is 16.6 Å². The minimum Gasteiger partial charge on any atom is -0.321 e. The summed E-state index contributed by atoms with van der Waals surface area (Å²) < 4.78 is 0. The van der Waals surface area contributed by atoms with Crippen molar-refractivity contribution < 1.29 is 14.5 Å². The van der Waals surface area contributed by atoms with E-state index in [1.807, 2.05) is 36.4 Å². The Morgan fingerprint density at radius 1 is 0.839 bits per heavy atom. The van der Waals surface area contributed by atoms with Crippen LogP contribution in [-0.2, 0) is 0 Å². The van der Waals surface area contributed by atoms with Gasteiger partial charge in [0.2, 0.25) is 0 Å². The van der Waals surface area contributed by atoms with Crippen molar-refractivity contribution in [3.63, 3.8) is 0 Å². The summed E-state index contributed by atoms with van der Waals surface area (Å²) in [6.45, 7) is 0. The first-order chi connectivity index (χ1) is 15.0. The molecular weight excluding hydrogens is 416 g/mol. The van der Waals surface area contributed by atoms with E-state index >= 15 is 0 Å². The number of benzene rings is 4. The fourth-order valence-corrected chi connectivity index (χ4v) is 3.54. The van der Waals surface area contributed by atoms with Crippen molar-refractivity contribution in [1.82, 2.24) is 0 Å². The number of amides is 1. The molecule has 0 atom stereocenters. The molecule has 152 valence electrons. The number of halogens is 1. The fraction of sp³-hybridized carbons (Fsp3) is 0. The topological polar surface area (TPSA) is 89.3 Å². The predicted molar refractivity (Wildman–Crippen MR) is 120 cm³/mol. The van der Waals surface area contributed by atoms with Gasteiger partial charge in [-0.1, -0.05) is 66.2 Å². The third kappa shape index (κ3) is 4.01. The molecule has 0 spiro atoms. The molecule has 1 N–H and O–H groups in total. The summed E-state index contributed by atoms with van der Waals surface area (Å²) in [6, 6.07) is 23.3. The summed E-state index contributed by atoms with van der Waals surface area (Å²) in [7, 11) is 0. The second-order valence-electron chi connectivity index (χ2n) is 6.78. The fourth-order valence-electron chi connectivity index (χ4n) is 3.35. The number of nitrogens with zero attached hydrogens (tertiary/aromatic N) is 1. The first-order valence-electron chi connectivity index (χ1n) is 9.32. The molecule has 31 heavy (non-hydrogen) atoms. The van der Waals surface area contributed by atoms with Crippen molar-refractivity contribution in [2.24, 2.45) is 0 Å². The molecule has 4 aromatic rings. The van der Waals surface area contributed by atoms with Gasteiger partial charge in [0.15, 0.2) is 5.78 Å². The first kappa shape index (κ1) is 20.3. The highest BCUT2D eigenvalue weighted by atomic mass is 35.5. The zero-order chi connectivity index (χ0) is 22.0. The van der Waals surface area contributed by atoms with Gasteiger partial charge in [0.1, 0.15) is 5.02 Å². The molecule has 0 saturated heterocycles. The number of nitro benzene ring substituents is 1. The van der Waals surface area contributed by atoms with Crippen LogP contribution in [0.15, 0.2) is 84.9 Å². The predicted octanol–water partition coefficient (Wildman–Crippen LogP) is 5.88. The van der Waals surface area contributed by atoms with Crippen LogP contribution in [0.5, 0.6) is 0 Å². The van der Waals surface area contributed by atoms with E-state index in [0.29, 0.717) is 5.69 Å². The lowest BCUT2D eigenvalue weighted by atomic mass is 9.97. The number of carbonyl (C=O) groups is 2. The lowest BCUT2D eigenvalue weighted by Gasteiger charge is -2.12. The molecule has 6 nitrogen and oxygen atoms in total. The van der Waals surface area contributed by atoms with E-state index in [4.69, 9.17) is 11.6 Å². The van der Waals surface area contributed by atoms with Gasteiger partial charge in [-0.05, 0) is 29.7 Å². The smallest absolute Gasteiger partial charge is 0.288 e. The number of hydrogen-bond donors (Lipinski definition) is 1. The SMILES string of the molecule is O=C(Nc1cccc2ccccc12)c1ccccc1C(=O)c1ccc(Cl)c([N+](=O)[O-])c1. The first-order valence-corrected chi connectivity index (χ1v) is 9.70. The number of nitrogens with one attached hydrogen (secondary N) is 1. The monoisotopic (exact) mass is 430 g/mol. The third-order valence-electron chi connectivity index (χ3n) is 4.86. The van der Waals surface area contributed by atoms with Crippen LogP contribution in [0.4, 0.5) is 11.4 Å². The van der Waals surface area contributed by atoms with Crippen LogP contribution in [0, 0.1) is 10.1 Å². The summed E-state index contributed by atoms with van der Waals surface area (Å²) in [5, 5.41) is 15.8. The molecular formula is C24H15ClN2O4. The molecule has 7 heteroatoms. The molecule has 0 aliphatic carbocycles. The van der Waals surface area contributed by atoms with E-state index in [-0.39, 0.29) is 27.4 Å². The Bertz CT molecular complexity index is 1350. The zero-order valence-electron chi connectivity index (χ0n) is 16.0. The largest absolute Gasteiger partial charge is 0.321 e. The van der Waals surface area contributed by atoms with Gasteiger partial charge in [-0.2, -0.15) is 0 Å². The van der Waals surface area contributed by atoms with Gasteiger partial charge in [-0.3, -0.25) is 19.7 Å². The van der Waals surface area contributed by atoms with E-state index < -0.39 is 16.6 Å². The standard InChI is InChI=1S/C24H15ClN2O4/c25-20-13-12-16(14-22(20)27(30)31)23(28)18-9-3-4-10-19(18)24(29)26-21-11-5-7-15-6-1-2-8-17(15)21/h1-14H,(H,26,29). The molecule has 0 aliphatic heterocycles. The molecule has 0 fully saturated rings. The molecule has 0 radical (unpaired) electrons. The highest BCUT2D eigenvalue weighted by Gasteiger charge is 2.21. The van der Waals surface area contributed by atoms with Crippen LogP contribution in [0.1, 0.15) is 26.3 Å². The summed E-state index contributed by atoms with van der Waals surface area (Å²) >= 11 is 5.84. The summed E-state index contributed by atoms with van der Waals surface area (Å²) in [5.74, 6) is -0.966. The van der Waals surface area contributed by atoms with E-state index in [9.17, 15) is 19.7 Å². The Kier molecular flexibility index (Phi) is 5.47. The Morgan fingerprint density at radius 2 is 1.52 bits per heavy atom. The Labute approximate surface area is 182 Å². The quantitative estimate of drug-likeness (QED) is 0.243. The summed E-state index contributed by atoms with van der Waals surface area (Å²) in [5.41, 5.74) is 0.620. The van der Waals surface area contributed by atoms with Gasteiger partial charge in [0.05, 0.1) is 10.5 Å². The molecule has 0 saturated carbocycles. The maximum atomic E-state index is 13.1. The second kappa shape index (κ2) is 8.38. The minimum absolute atomic E-state index is 0.0662. The van der Waals surface area contributed by atoms with Crippen LogP contribution >= 0.6 is 11.6 Å². The van der Waals surface area contributed by atoms with Gasteiger partial charge in [-0.15, -0.1) is 0 Å². The number of rotatable bonds is 5. The molecule has 4 rings (SSSR count). The van der Waals surface area contributed by atoms with Gasteiger partial charge in [0, 0.05) is 28.3 Å². The Morgan fingerprint density at radius 3 is 2.29 bits per heavy atom. The van der Waals surface area contributed by atoms with Crippen LogP contribution in [0.3, 0.4) is 0 Å². The number of nitro groups is 1. The highest BCUT2D eigenvalue weighted by molar-refractivity contribution is 6.33. The number of ketones is 1. The molecule has 1 amide bonds. The molecule has 0 heterocycles. The van der Waals surface area contributed by atoms with Crippen molar-refractivity contribution in [3.8, 4) is 0 Å². The number of fused-ring (bicyclic) bond motifs is 1. The van der Waals surface area contributed by atoms with Crippen LogP contribution in [0.2, 0.25) is 5.02 Å². The highest BCUT2D eigenvalue weighted by Crippen LogP contribution is 2.28. The van der Waals surface area contributed by atoms with Crippen LogP contribution < -0.4 is 5.32 Å². The van der Waals surface area contributed by atoms with E-state index in [0.717, 1.165) is 16.8 Å².